The summed E-state index contributed by atoms with van der Waals surface area (Å²) in [6.45, 7) is 6.70. The van der Waals surface area contributed by atoms with E-state index in [1.807, 2.05) is 6.07 Å². The van der Waals surface area contributed by atoms with Crippen LogP contribution in [0.1, 0.15) is 30.9 Å². The summed E-state index contributed by atoms with van der Waals surface area (Å²) in [6, 6.07) is 4.14. The van der Waals surface area contributed by atoms with Crippen molar-refractivity contribution in [2.24, 2.45) is 5.41 Å². The van der Waals surface area contributed by atoms with Crippen LogP contribution in [-0.2, 0) is 17.6 Å². The van der Waals surface area contributed by atoms with Crippen molar-refractivity contribution in [2.45, 2.75) is 32.6 Å². The monoisotopic (exact) mass is 309 g/mol. The fraction of sp³-hybridized carbons (Fsp3) is 0.647. The molecule has 0 saturated carbocycles. The first kappa shape index (κ1) is 15.1. The molecule has 0 aliphatic carbocycles. The summed E-state index contributed by atoms with van der Waals surface area (Å²) in [7, 11) is 0. The molecule has 0 unspecified atom stereocenters. The molecule has 3 rings (SSSR count). The van der Waals surface area contributed by atoms with E-state index in [-0.39, 0.29) is 5.41 Å². The number of fused-ring (bicyclic) bond motifs is 1. The number of hydrogen-bond acceptors (Lipinski definition) is 3. The van der Waals surface area contributed by atoms with Crippen LogP contribution in [0.3, 0.4) is 0 Å². The summed E-state index contributed by atoms with van der Waals surface area (Å²) in [5, 5.41) is 4.37. The van der Waals surface area contributed by atoms with Gasteiger partial charge in [0.25, 0.3) is 0 Å². The Labute approximate surface area is 132 Å². The van der Waals surface area contributed by atoms with Crippen molar-refractivity contribution in [3.63, 3.8) is 0 Å². The Morgan fingerprint density at radius 1 is 1.24 bits per heavy atom. The van der Waals surface area contributed by atoms with Crippen molar-refractivity contribution in [2.75, 3.05) is 32.9 Å². The van der Waals surface area contributed by atoms with E-state index in [2.05, 4.69) is 18.3 Å². The van der Waals surface area contributed by atoms with Crippen LogP contribution in [-0.4, -0.2) is 32.9 Å². The Hall–Kier alpha value is -0.770. The van der Waals surface area contributed by atoms with Crippen molar-refractivity contribution in [3.8, 4) is 5.75 Å². The van der Waals surface area contributed by atoms with E-state index in [4.69, 9.17) is 21.1 Å². The maximum atomic E-state index is 6.30. The summed E-state index contributed by atoms with van der Waals surface area (Å²) in [5.74, 6) is 1.08. The number of ether oxygens (including phenoxy) is 2. The van der Waals surface area contributed by atoms with Crippen LogP contribution < -0.4 is 10.1 Å². The molecule has 0 aromatic heterocycles. The largest absolute Gasteiger partial charge is 0.493 e. The van der Waals surface area contributed by atoms with Gasteiger partial charge in [0.15, 0.2) is 0 Å². The highest BCUT2D eigenvalue weighted by atomic mass is 35.5. The van der Waals surface area contributed by atoms with Crippen LogP contribution in [0.5, 0.6) is 5.75 Å². The number of halogens is 1. The fourth-order valence-corrected chi connectivity index (χ4v) is 3.76. The Kier molecular flexibility index (Phi) is 4.72. The second-order valence-electron chi connectivity index (χ2n) is 6.22. The smallest absolute Gasteiger partial charge is 0.125 e. The van der Waals surface area contributed by atoms with Gasteiger partial charge in [0.2, 0.25) is 0 Å². The normalized spacial score (nSPS) is 20.1. The maximum Gasteiger partial charge on any atom is 0.125 e. The minimum atomic E-state index is 0.263. The third kappa shape index (κ3) is 3.36. The fourth-order valence-electron chi connectivity index (χ4n) is 3.49. The number of hydrogen-bond donors (Lipinski definition) is 1. The second kappa shape index (κ2) is 6.55. The van der Waals surface area contributed by atoms with Crippen molar-refractivity contribution in [3.05, 3.63) is 28.3 Å². The topological polar surface area (TPSA) is 30.5 Å². The van der Waals surface area contributed by atoms with Crippen LogP contribution in [0.15, 0.2) is 12.1 Å². The summed E-state index contributed by atoms with van der Waals surface area (Å²) < 4.78 is 11.4. The Balaban J connectivity index is 1.85. The quantitative estimate of drug-likeness (QED) is 0.906. The molecule has 1 aromatic rings. The molecule has 116 valence electrons. The van der Waals surface area contributed by atoms with Crippen LogP contribution >= 0.6 is 11.6 Å². The third-order valence-corrected chi connectivity index (χ3v) is 4.91. The maximum absolute atomic E-state index is 6.30. The highest BCUT2D eigenvalue weighted by Gasteiger charge is 2.34. The third-order valence-electron chi connectivity index (χ3n) is 4.69. The molecular formula is C17H24ClNO2. The standard InChI is InChI=1S/C17H24ClNO2/c1-2-19-12-17(4-7-20-8-5-17)11-14-10-15(18)9-13-3-6-21-16(13)14/h9-10,19H,2-8,11-12H2,1H3. The van der Waals surface area contributed by atoms with Crippen molar-refractivity contribution in [1.29, 1.82) is 0 Å². The van der Waals surface area contributed by atoms with Crippen molar-refractivity contribution in [1.82, 2.24) is 5.32 Å². The van der Waals surface area contributed by atoms with Gasteiger partial charge in [-0.25, -0.2) is 0 Å². The molecule has 1 aromatic carbocycles. The van der Waals surface area contributed by atoms with Crippen LogP contribution in [0.25, 0.3) is 0 Å². The summed E-state index contributed by atoms with van der Waals surface area (Å²) >= 11 is 6.30. The lowest BCUT2D eigenvalue weighted by molar-refractivity contribution is 0.0149. The predicted octanol–water partition coefficient (Wildman–Crippen LogP) is 3.22. The first-order chi connectivity index (χ1) is 10.2. The van der Waals surface area contributed by atoms with Crippen molar-refractivity contribution >= 4 is 11.6 Å². The highest BCUT2D eigenvalue weighted by molar-refractivity contribution is 6.30. The van der Waals surface area contributed by atoms with Crippen LogP contribution in [0.4, 0.5) is 0 Å². The molecule has 0 spiro atoms. The first-order valence-corrected chi connectivity index (χ1v) is 8.33. The number of benzene rings is 1. The minimum absolute atomic E-state index is 0.263. The van der Waals surface area contributed by atoms with E-state index in [9.17, 15) is 0 Å². The van der Waals surface area contributed by atoms with Gasteiger partial charge in [0.05, 0.1) is 6.61 Å². The first-order valence-electron chi connectivity index (χ1n) is 7.95. The molecule has 1 N–H and O–H groups in total. The SMILES string of the molecule is CCNCC1(Cc2cc(Cl)cc3c2OCC3)CCOCC1. The van der Waals surface area contributed by atoms with Gasteiger partial charge in [-0.15, -0.1) is 0 Å². The average Bonchev–Trinajstić information content (AvgIpc) is 2.94. The summed E-state index contributed by atoms with van der Waals surface area (Å²) in [4.78, 5) is 0. The second-order valence-corrected chi connectivity index (χ2v) is 6.66. The molecule has 0 bridgehead atoms. The molecule has 1 fully saturated rings. The van der Waals surface area contributed by atoms with E-state index in [0.717, 1.165) is 69.4 Å². The van der Waals surface area contributed by atoms with Gasteiger partial charge < -0.3 is 14.8 Å². The molecule has 0 radical (unpaired) electrons. The number of rotatable bonds is 5. The van der Waals surface area contributed by atoms with E-state index in [0.29, 0.717) is 0 Å². The van der Waals surface area contributed by atoms with E-state index in [1.165, 1.54) is 11.1 Å². The molecule has 21 heavy (non-hydrogen) atoms. The van der Waals surface area contributed by atoms with Gasteiger partial charge >= 0.3 is 0 Å². The summed E-state index contributed by atoms with van der Waals surface area (Å²) in [5.41, 5.74) is 2.80. The van der Waals surface area contributed by atoms with Crippen LogP contribution in [0, 0.1) is 5.41 Å². The Morgan fingerprint density at radius 3 is 2.81 bits per heavy atom. The van der Waals surface area contributed by atoms with E-state index in [1.54, 1.807) is 0 Å². The molecule has 0 amide bonds. The van der Waals surface area contributed by atoms with Gasteiger partial charge in [-0.3, -0.25) is 0 Å². The van der Waals surface area contributed by atoms with E-state index < -0.39 is 0 Å². The summed E-state index contributed by atoms with van der Waals surface area (Å²) in [6.07, 6.45) is 4.20. The molecule has 0 atom stereocenters. The molecule has 4 heteroatoms. The van der Waals surface area contributed by atoms with Crippen molar-refractivity contribution < 1.29 is 9.47 Å². The zero-order valence-electron chi connectivity index (χ0n) is 12.7. The van der Waals surface area contributed by atoms with Gasteiger partial charge in [0, 0.05) is 31.2 Å². The highest BCUT2D eigenvalue weighted by Crippen LogP contribution is 2.40. The minimum Gasteiger partial charge on any atom is -0.493 e. The van der Waals surface area contributed by atoms with Gasteiger partial charge in [-0.1, -0.05) is 18.5 Å². The Morgan fingerprint density at radius 2 is 2.05 bits per heavy atom. The molecule has 2 heterocycles. The lowest BCUT2D eigenvalue weighted by Crippen LogP contribution is -2.40. The van der Waals surface area contributed by atoms with Gasteiger partial charge in [-0.05, 0) is 54.5 Å². The van der Waals surface area contributed by atoms with E-state index >= 15 is 0 Å². The predicted molar refractivity (Wildman–Crippen MR) is 85.4 cm³/mol. The van der Waals surface area contributed by atoms with Crippen LogP contribution in [0.2, 0.25) is 5.02 Å². The zero-order chi connectivity index (χ0) is 14.7. The average molecular weight is 310 g/mol. The zero-order valence-corrected chi connectivity index (χ0v) is 13.5. The number of nitrogens with one attached hydrogen (secondary N) is 1. The molecule has 3 nitrogen and oxygen atoms in total. The van der Waals surface area contributed by atoms with Gasteiger partial charge in [-0.2, -0.15) is 0 Å². The Bertz CT molecular complexity index is 498. The molecule has 2 aliphatic heterocycles. The lowest BCUT2D eigenvalue weighted by Gasteiger charge is -2.38. The molecule has 2 aliphatic rings. The lowest BCUT2D eigenvalue weighted by atomic mass is 9.74. The molecule has 1 saturated heterocycles. The molecular weight excluding hydrogens is 286 g/mol. The van der Waals surface area contributed by atoms with Gasteiger partial charge in [0.1, 0.15) is 5.75 Å².